The SMILES string of the molecule is COc1cc(CN[C@@H](C)c2ccc(-n3cncn3)cc2)cc(OC)c1. The van der Waals surface area contributed by atoms with E-state index in [1.807, 2.05) is 30.3 Å². The molecule has 0 spiro atoms. The molecule has 0 amide bonds. The number of ether oxygens (including phenoxy) is 2. The molecular formula is C19H22N4O2. The van der Waals surface area contributed by atoms with Gasteiger partial charge in [0, 0.05) is 18.7 Å². The predicted octanol–water partition coefficient (Wildman–Crippen LogP) is 3.14. The van der Waals surface area contributed by atoms with E-state index in [0.29, 0.717) is 0 Å². The van der Waals surface area contributed by atoms with Gasteiger partial charge in [0.05, 0.1) is 19.9 Å². The highest BCUT2D eigenvalue weighted by Gasteiger charge is 2.07. The molecule has 3 aromatic rings. The molecule has 0 radical (unpaired) electrons. The van der Waals surface area contributed by atoms with Gasteiger partial charge >= 0.3 is 0 Å². The zero-order chi connectivity index (χ0) is 17.6. The first-order chi connectivity index (χ1) is 12.2. The molecule has 0 saturated carbocycles. The average Bonchev–Trinajstić information content (AvgIpc) is 3.20. The molecule has 6 nitrogen and oxygen atoms in total. The third-order valence-electron chi connectivity index (χ3n) is 4.10. The molecule has 130 valence electrons. The molecule has 0 bridgehead atoms. The maximum Gasteiger partial charge on any atom is 0.138 e. The van der Waals surface area contributed by atoms with E-state index in [1.165, 1.54) is 11.9 Å². The van der Waals surface area contributed by atoms with Gasteiger partial charge in [-0.25, -0.2) is 9.67 Å². The number of methoxy groups -OCH3 is 2. The molecule has 0 aliphatic rings. The summed E-state index contributed by atoms with van der Waals surface area (Å²) < 4.78 is 12.4. The van der Waals surface area contributed by atoms with Crippen molar-refractivity contribution in [1.29, 1.82) is 0 Å². The van der Waals surface area contributed by atoms with Crippen LogP contribution in [0.2, 0.25) is 0 Å². The summed E-state index contributed by atoms with van der Waals surface area (Å²) in [5.41, 5.74) is 3.31. The van der Waals surface area contributed by atoms with E-state index in [4.69, 9.17) is 9.47 Å². The van der Waals surface area contributed by atoms with Crippen LogP contribution >= 0.6 is 0 Å². The molecule has 0 aliphatic carbocycles. The maximum atomic E-state index is 5.32. The summed E-state index contributed by atoms with van der Waals surface area (Å²) in [5, 5.41) is 7.66. The van der Waals surface area contributed by atoms with Crippen molar-refractivity contribution in [3.8, 4) is 17.2 Å². The molecule has 0 fully saturated rings. The molecule has 0 aliphatic heterocycles. The number of benzene rings is 2. The zero-order valence-electron chi connectivity index (χ0n) is 14.6. The number of nitrogens with one attached hydrogen (secondary N) is 1. The van der Waals surface area contributed by atoms with Crippen molar-refractivity contribution in [1.82, 2.24) is 20.1 Å². The van der Waals surface area contributed by atoms with Gasteiger partial charge in [-0.05, 0) is 42.3 Å². The highest BCUT2D eigenvalue weighted by Crippen LogP contribution is 2.23. The van der Waals surface area contributed by atoms with Crippen LogP contribution in [-0.2, 0) is 6.54 Å². The summed E-state index contributed by atoms with van der Waals surface area (Å²) in [7, 11) is 3.32. The Morgan fingerprint density at radius 1 is 1.04 bits per heavy atom. The number of hydrogen-bond acceptors (Lipinski definition) is 5. The second-order valence-electron chi connectivity index (χ2n) is 5.76. The number of aromatic nitrogens is 3. The van der Waals surface area contributed by atoms with Crippen LogP contribution in [-0.4, -0.2) is 29.0 Å². The van der Waals surface area contributed by atoms with Gasteiger partial charge in [-0.2, -0.15) is 5.10 Å². The summed E-state index contributed by atoms with van der Waals surface area (Å²) in [5.74, 6) is 1.59. The molecule has 1 heterocycles. The first-order valence-electron chi connectivity index (χ1n) is 8.10. The number of hydrogen-bond donors (Lipinski definition) is 1. The quantitative estimate of drug-likeness (QED) is 0.717. The minimum atomic E-state index is 0.210. The first kappa shape index (κ1) is 17.0. The maximum absolute atomic E-state index is 5.32. The van der Waals surface area contributed by atoms with E-state index in [9.17, 15) is 0 Å². The van der Waals surface area contributed by atoms with Gasteiger partial charge in [-0.1, -0.05) is 12.1 Å². The monoisotopic (exact) mass is 338 g/mol. The van der Waals surface area contributed by atoms with E-state index >= 15 is 0 Å². The number of rotatable bonds is 7. The minimum absolute atomic E-state index is 0.210. The Kier molecular flexibility index (Phi) is 5.30. The fraction of sp³-hybridized carbons (Fsp3) is 0.263. The van der Waals surface area contributed by atoms with E-state index in [2.05, 4.69) is 34.5 Å². The lowest BCUT2D eigenvalue weighted by atomic mass is 10.1. The Balaban J connectivity index is 1.65. The third kappa shape index (κ3) is 4.16. The molecule has 0 saturated heterocycles. The Bertz CT molecular complexity index is 779. The van der Waals surface area contributed by atoms with Crippen LogP contribution in [0.25, 0.3) is 5.69 Å². The van der Waals surface area contributed by atoms with Crippen LogP contribution in [0.1, 0.15) is 24.1 Å². The van der Waals surface area contributed by atoms with E-state index in [-0.39, 0.29) is 6.04 Å². The van der Waals surface area contributed by atoms with Crippen LogP contribution in [0.3, 0.4) is 0 Å². The fourth-order valence-corrected chi connectivity index (χ4v) is 2.61. The van der Waals surface area contributed by atoms with Gasteiger partial charge < -0.3 is 14.8 Å². The topological polar surface area (TPSA) is 61.2 Å². The summed E-state index contributed by atoms with van der Waals surface area (Å²) >= 11 is 0. The van der Waals surface area contributed by atoms with E-state index in [1.54, 1.807) is 25.2 Å². The summed E-state index contributed by atoms with van der Waals surface area (Å²) in [6, 6.07) is 14.4. The second-order valence-corrected chi connectivity index (χ2v) is 5.76. The standard InChI is InChI=1S/C19H22N4O2/c1-14(16-4-6-17(7-5-16)23-13-20-12-22-23)21-11-15-8-18(24-2)10-19(9-15)25-3/h4-10,12-14,21H,11H2,1-3H3/t14-/m0/s1. The van der Waals surface area contributed by atoms with Crippen LogP contribution in [0.5, 0.6) is 11.5 Å². The van der Waals surface area contributed by atoms with Crippen molar-refractivity contribution in [2.24, 2.45) is 0 Å². The lowest BCUT2D eigenvalue weighted by Gasteiger charge is -2.16. The highest BCUT2D eigenvalue weighted by atomic mass is 16.5. The van der Waals surface area contributed by atoms with Crippen LogP contribution in [0.4, 0.5) is 0 Å². The van der Waals surface area contributed by atoms with Crippen molar-refractivity contribution in [2.75, 3.05) is 14.2 Å². The molecular weight excluding hydrogens is 316 g/mol. The lowest BCUT2D eigenvalue weighted by Crippen LogP contribution is -2.18. The van der Waals surface area contributed by atoms with Crippen molar-refractivity contribution < 1.29 is 9.47 Å². The van der Waals surface area contributed by atoms with Gasteiger partial charge in [0.2, 0.25) is 0 Å². The Morgan fingerprint density at radius 3 is 2.28 bits per heavy atom. The first-order valence-corrected chi connectivity index (χ1v) is 8.10. The second kappa shape index (κ2) is 7.81. The Labute approximate surface area is 147 Å². The normalized spacial score (nSPS) is 12.0. The molecule has 3 rings (SSSR count). The van der Waals surface area contributed by atoms with E-state index in [0.717, 1.165) is 29.3 Å². The largest absolute Gasteiger partial charge is 0.497 e. The molecule has 1 atom stereocenters. The van der Waals surface area contributed by atoms with Crippen molar-refractivity contribution in [3.05, 3.63) is 66.2 Å². The molecule has 25 heavy (non-hydrogen) atoms. The molecule has 2 aromatic carbocycles. The molecule has 1 N–H and O–H groups in total. The third-order valence-corrected chi connectivity index (χ3v) is 4.10. The van der Waals surface area contributed by atoms with Gasteiger partial charge in [-0.3, -0.25) is 0 Å². The predicted molar refractivity (Wildman–Crippen MR) is 96.2 cm³/mol. The van der Waals surface area contributed by atoms with Gasteiger partial charge in [0.1, 0.15) is 24.2 Å². The Hall–Kier alpha value is -2.86. The van der Waals surface area contributed by atoms with Crippen LogP contribution < -0.4 is 14.8 Å². The van der Waals surface area contributed by atoms with Gasteiger partial charge in [0.15, 0.2) is 0 Å². The smallest absolute Gasteiger partial charge is 0.138 e. The molecule has 0 unspecified atom stereocenters. The fourth-order valence-electron chi connectivity index (χ4n) is 2.61. The lowest BCUT2D eigenvalue weighted by molar-refractivity contribution is 0.392. The minimum Gasteiger partial charge on any atom is -0.497 e. The number of nitrogens with zero attached hydrogens (tertiary/aromatic N) is 3. The average molecular weight is 338 g/mol. The van der Waals surface area contributed by atoms with E-state index < -0.39 is 0 Å². The van der Waals surface area contributed by atoms with Crippen molar-refractivity contribution in [2.45, 2.75) is 19.5 Å². The summed E-state index contributed by atoms with van der Waals surface area (Å²) in [6.07, 6.45) is 3.22. The molecule has 6 heteroatoms. The van der Waals surface area contributed by atoms with Crippen molar-refractivity contribution in [3.63, 3.8) is 0 Å². The summed E-state index contributed by atoms with van der Waals surface area (Å²) in [4.78, 5) is 3.97. The van der Waals surface area contributed by atoms with Crippen molar-refractivity contribution >= 4 is 0 Å². The van der Waals surface area contributed by atoms with Gasteiger partial charge in [-0.15, -0.1) is 0 Å². The van der Waals surface area contributed by atoms with Gasteiger partial charge in [0.25, 0.3) is 0 Å². The molecule has 1 aromatic heterocycles. The summed E-state index contributed by atoms with van der Waals surface area (Å²) in [6.45, 7) is 2.86. The van der Waals surface area contributed by atoms with Crippen LogP contribution in [0.15, 0.2) is 55.1 Å². The highest BCUT2D eigenvalue weighted by molar-refractivity contribution is 5.38. The zero-order valence-corrected chi connectivity index (χ0v) is 14.6. The van der Waals surface area contributed by atoms with Crippen LogP contribution in [0, 0.1) is 0 Å². The Morgan fingerprint density at radius 2 is 1.72 bits per heavy atom.